The Morgan fingerprint density at radius 3 is 2.00 bits per heavy atom. The van der Waals surface area contributed by atoms with E-state index in [1.165, 1.54) is 0 Å². The third kappa shape index (κ3) is 1.45. The van der Waals surface area contributed by atoms with Gasteiger partial charge in [0.25, 0.3) is 0 Å². The summed E-state index contributed by atoms with van der Waals surface area (Å²) >= 11 is 0. The van der Waals surface area contributed by atoms with E-state index in [2.05, 4.69) is 15.2 Å². The number of hydrogen-bond donors (Lipinski definition) is 4. The molecule has 0 saturated carbocycles. The van der Waals surface area contributed by atoms with E-state index in [4.69, 9.17) is 5.73 Å². The third-order valence-corrected chi connectivity index (χ3v) is 3.87. The Balaban J connectivity index is 2.44. The summed E-state index contributed by atoms with van der Waals surface area (Å²) in [5.41, 5.74) is 4.10. The van der Waals surface area contributed by atoms with Gasteiger partial charge in [-0.05, 0) is 27.7 Å². The number of anilines is 1. The van der Waals surface area contributed by atoms with E-state index >= 15 is 0 Å². The summed E-state index contributed by atoms with van der Waals surface area (Å²) in [7, 11) is 0. The van der Waals surface area contributed by atoms with Gasteiger partial charge in [0.1, 0.15) is 0 Å². The number of nitrogen functional groups attached to an aromatic ring is 1. The lowest BCUT2D eigenvalue weighted by molar-refractivity contribution is -0.225. The lowest BCUT2D eigenvalue weighted by atomic mass is 9.84. The van der Waals surface area contributed by atoms with Crippen LogP contribution in [0.5, 0.6) is 0 Å². The molecule has 0 radical (unpaired) electrons. The van der Waals surface area contributed by atoms with E-state index in [0.29, 0.717) is 5.82 Å². The summed E-state index contributed by atoms with van der Waals surface area (Å²) in [6.45, 7) is 7.32. The lowest BCUT2D eigenvalue weighted by Gasteiger charge is -2.37. The monoisotopic (exact) mass is 242 g/mol. The van der Waals surface area contributed by atoms with Crippen LogP contribution in [0.25, 0.3) is 0 Å². The number of aromatic nitrogens is 3. The van der Waals surface area contributed by atoms with Gasteiger partial charge in [0.05, 0.1) is 11.1 Å². The second-order valence-electron chi connectivity index (χ2n) is 5.26. The maximum Gasteiger partial charge on any atom is 0.239 e. The van der Waals surface area contributed by atoms with Crippen LogP contribution in [0, 0.1) is 0 Å². The second-order valence-corrected chi connectivity index (χ2v) is 5.26. The predicted molar refractivity (Wildman–Crippen MR) is 58.9 cm³/mol. The number of aromatic amines is 1. The van der Waals surface area contributed by atoms with Crippen molar-refractivity contribution in [2.24, 2.45) is 0 Å². The van der Waals surface area contributed by atoms with Gasteiger partial charge in [0, 0.05) is 0 Å². The summed E-state index contributed by atoms with van der Waals surface area (Å²) in [6.07, 6.45) is -0.815. The molecule has 0 atom stereocenters. The van der Waals surface area contributed by atoms with Gasteiger partial charge in [-0.15, -0.1) is 5.10 Å². The first-order valence-electron chi connectivity index (χ1n) is 5.34. The van der Waals surface area contributed by atoms with E-state index in [1.807, 2.05) is 27.7 Å². The Labute approximate surface area is 99.0 Å². The van der Waals surface area contributed by atoms with Crippen molar-refractivity contribution in [2.75, 3.05) is 5.73 Å². The molecule has 1 aliphatic heterocycles. The smallest absolute Gasteiger partial charge is 0.239 e. The predicted octanol–water partition coefficient (Wildman–Crippen LogP) is 0.339. The molecular formula is C9H18N6O2. The Morgan fingerprint density at radius 2 is 1.65 bits per heavy atom. The maximum atomic E-state index is 10.2. The molecule has 5 N–H and O–H groups in total. The van der Waals surface area contributed by atoms with E-state index in [0.717, 1.165) is 10.1 Å². The molecule has 17 heavy (non-hydrogen) atoms. The van der Waals surface area contributed by atoms with Crippen LogP contribution in [0.3, 0.4) is 0 Å². The fourth-order valence-corrected chi connectivity index (χ4v) is 1.91. The normalized spacial score (nSPS) is 25.5. The topological polar surface area (TPSA) is 115 Å². The highest BCUT2D eigenvalue weighted by Crippen LogP contribution is 2.46. The Kier molecular flexibility index (Phi) is 2.44. The Bertz CT molecular complexity index is 409. The van der Waals surface area contributed by atoms with Crippen LogP contribution in [0.15, 0.2) is 0 Å². The van der Waals surface area contributed by atoms with Gasteiger partial charge in [-0.3, -0.25) is 5.10 Å². The molecule has 8 nitrogen and oxygen atoms in total. The minimum atomic E-state index is -0.815. The van der Waals surface area contributed by atoms with Crippen LogP contribution in [-0.2, 0) is 0 Å². The lowest BCUT2D eigenvalue weighted by Crippen LogP contribution is -2.52. The SMILES string of the molecule is CC1(C)N(O)C(c2nc(N)n[nH]2)N(O)C1(C)C. The molecule has 1 aromatic rings. The molecule has 0 unspecified atom stereocenters. The standard InChI is InChI=1S/C9H18N6O2/c1-8(2)9(3,4)15(17)6(14(8)16)5-11-7(10)13-12-5/h6,16-17H,1-4H3,(H3,10,11,12,13). The molecule has 2 heterocycles. The quantitative estimate of drug-likeness (QED) is 0.561. The zero-order valence-corrected chi connectivity index (χ0v) is 10.3. The van der Waals surface area contributed by atoms with E-state index in [-0.39, 0.29) is 5.95 Å². The largest absolute Gasteiger partial charge is 0.367 e. The first-order chi connectivity index (χ1) is 7.69. The number of rotatable bonds is 1. The van der Waals surface area contributed by atoms with Crippen molar-refractivity contribution in [3.8, 4) is 0 Å². The number of nitrogens with zero attached hydrogens (tertiary/aromatic N) is 4. The summed E-state index contributed by atoms with van der Waals surface area (Å²) in [4.78, 5) is 3.93. The summed E-state index contributed by atoms with van der Waals surface area (Å²) in [6, 6.07) is 0. The molecule has 0 aromatic carbocycles. The van der Waals surface area contributed by atoms with Crippen LogP contribution in [0.4, 0.5) is 5.95 Å². The van der Waals surface area contributed by atoms with Gasteiger partial charge >= 0.3 is 0 Å². The number of hydrogen-bond acceptors (Lipinski definition) is 7. The molecule has 96 valence electrons. The number of nitrogens with two attached hydrogens (primary N) is 1. The summed E-state index contributed by atoms with van der Waals surface area (Å²) < 4.78 is 0. The molecule has 1 fully saturated rings. The van der Waals surface area contributed by atoms with Gasteiger partial charge in [0.2, 0.25) is 5.95 Å². The molecular weight excluding hydrogens is 224 g/mol. The number of hydroxylamine groups is 4. The molecule has 8 heteroatoms. The first kappa shape index (κ1) is 12.2. The summed E-state index contributed by atoms with van der Waals surface area (Å²) in [5.74, 6) is 0.371. The van der Waals surface area contributed by atoms with Crippen LogP contribution >= 0.6 is 0 Å². The maximum absolute atomic E-state index is 10.2. The molecule has 1 aliphatic rings. The van der Waals surface area contributed by atoms with Crippen LogP contribution in [0.2, 0.25) is 0 Å². The molecule has 0 amide bonds. The minimum absolute atomic E-state index is 0.0734. The first-order valence-corrected chi connectivity index (χ1v) is 5.34. The average Bonchev–Trinajstić information content (AvgIpc) is 2.67. The van der Waals surface area contributed by atoms with Gasteiger partial charge in [-0.2, -0.15) is 15.1 Å². The van der Waals surface area contributed by atoms with E-state index in [9.17, 15) is 10.4 Å². The van der Waals surface area contributed by atoms with E-state index in [1.54, 1.807) is 0 Å². The van der Waals surface area contributed by atoms with Crippen LogP contribution in [-0.4, -0.2) is 46.8 Å². The van der Waals surface area contributed by atoms with Crippen molar-refractivity contribution in [3.05, 3.63) is 5.82 Å². The van der Waals surface area contributed by atoms with Gasteiger partial charge in [0.15, 0.2) is 12.0 Å². The van der Waals surface area contributed by atoms with E-state index < -0.39 is 17.2 Å². The zero-order valence-electron chi connectivity index (χ0n) is 10.3. The number of H-pyrrole nitrogens is 1. The molecule has 0 spiro atoms. The second kappa shape index (κ2) is 3.39. The van der Waals surface area contributed by atoms with Crippen molar-refractivity contribution in [3.63, 3.8) is 0 Å². The Hall–Kier alpha value is -1.22. The molecule has 0 aliphatic carbocycles. The number of nitrogens with one attached hydrogen (secondary N) is 1. The van der Waals surface area contributed by atoms with Crippen molar-refractivity contribution in [2.45, 2.75) is 44.9 Å². The fourth-order valence-electron chi connectivity index (χ4n) is 1.91. The van der Waals surface area contributed by atoms with Crippen LogP contribution < -0.4 is 5.73 Å². The highest BCUT2D eigenvalue weighted by Gasteiger charge is 2.59. The highest BCUT2D eigenvalue weighted by molar-refractivity contribution is 5.17. The fraction of sp³-hybridized carbons (Fsp3) is 0.778. The average molecular weight is 242 g/mol. The zero-order chi connectivity index (χ0) is 13.0. The molecule has 0 bridgehead atoms. The van der Waals surface area contributed by atoms with Crippen LogP contribution in [0.1, 0.15) is 39.7 Å². The highest BCUT2D eigenvalue weighted by atomic mass is 16.6. The molecule has 2 rings (SSSR count). The van der Waals surface area contributed by atoms with Crippen molar-refractivity contribution >= 4 is 5.95 Å². The summed E-state index contributed by atoms with van der Waals surface area (Å²) in [5, 5.41) is 28.8. The molecule has 1 aromatic heterocycles. The van der Waals surface area contributed by atoms with Crippen molar-refractivity contribution < 1.29 is 10.4 Å². The van der Waals surface area contributed by atoms with Gasteiger partial charge in [-0.1, -0.05) is 0 Å². The van der Waals surface area contributed by atoms with Crippen molar-refractivity contribution in [1.82, 2.24) is 25.3 Å². The minimum Gasteiger partial charge on any atom is -0.367 e. The van der Waals surface area contributed by atoms with Gasteiger partial charge in [-0.25, -0.2) is 0 Å². The molecule has 1 saturated heterocycles. The third-order valence-electron chi connectivity index (χ3n) is 3.87. The van der Waals surface area contributed by atoms with Gasteiger partial charge < -0.3 is 16.1 Å². The Morgan fingerprint density at radius 1 is 1.18 bits per heavy atom. The van der Waals surface area contributed by atoms with Crippen molar-refractivity contribution in [1.29, 1.82) is 0 Å².